The lowest BCUT2D eigenvalue weighted by Gasteiger charge is -2.33. The molecule has 204 valence electrons. The minimum atomic E-state index is -1.04. The van der Waals surface area contributed by atoms with Crippen molar-refractivity contribution in [3.63, 3.8) is 0 Å². The third kappa shape index (κ3) is 6.83. The monoisotopic (exact) mass is 542 g/mol. The summed E-state index contributed by atoms with van der Waals surface area (Å²) in [7, 11) is 3.27. The predicted molar refractivity (Wildman–Crippen MR) is 147 cm³/mol. The van der Waals surface area contributed by atoms with Crippen molar-refractivity contribution in [1.82, 2.24) is 10.2 Å². The molecule has 0 aliphatic carbocycles. The fourth-order valence-electron chi connectivity index (χ4n) is 4.88. The van der Waals surface area contributed by atoms with Gasteiger partial charge in [-0.05, 0) is 39.4 Å². The van der Waals surface area contributed by atoms with Crippen LogP contribution in [0, 0.1) is 18.2 Å². The number of nitrogens with one attached hydrogen (secondary N) is 1. The number of hydrogen-bond donors (Lipinski definition) is 1. The van der Waals surface area contributed by atoms with Crippen molar-refractivity contribution in [2.75, 3.05) is 27.3 Å². The molecule has 1 N–H and O–H groups in total. The number of rotatable bonds is 9. The van der Waals surface area contributed by atoms with Gasteiger partial charge in [-0.2, -0.15) is 0 Å². The SMILES string of the molecule is COC(=O)C1=C(C)NC(C)=C(C(=O)OCC(C)(C)CN(C)Cc2ccc(C)cc2)C1c1cccc(Cl)c1F. The average Bonchev–Trinajstić information content (AvgIpc) is 2.84. The zero-order valence-electron chi connectivity index (χ0n) is 23.1. The Balaban J connectivity index is 1.83. The zero-order valence-corrected chi connectivity index (χ0v) is 23.8. The normalized spacial score (nSPS) is 16.0. The molecule has 0 amide bonds. The average molecular weight is 543 g/mol. The lowest BCUT2D eigenvalue weighted by atomic mass is 9.80. The van der Waals surface area contributed by atoms with E-state index >= 15 is 4.39 Å². The van der Waals surface area contributed by atoms with Crippen molar-refractivity contribution in [1.29, 1.82) is 0 Å². The van der Waals surface area contributed by atoms with E-state index in [2.05, 4.69) is 41.4 Å². The minimum absolute atomic E-state index is 0.0992. The quantitative estimate of drug-likeness (QED) is 0.398. The molecule has 1 aliphatic rings. The van der Waals surface area contributed by atoms with E-state index in [-0.39, 0.29) is 33.8 Å². The van der Waals surface area contributed by atoms with Gasteiger partial charge >= 0.3 is 11.9 Å². The summed E-state index contributed by atoms with van der Waals surface area (Å²) in [5.41, 5.74) is 3.34. The van der Waals surface area contributed by atoms with E-state index < -0.39 is 23.7 Å². The number of ether oxygens (including phenoxy) is 2. The number of esters is 2. The standard InChI is InChI=1S/C30H36ClFN2O4/c1-18-11-13-21(14-12-18)15-34(6)16-30(4,5)17-38-29(36)25-20(3)33-19(2)24(28(35)37-7)26(25)22-9-8-10-23(31)27(22)32/h8-14,26,33H,15-17H2,1-7H3. The first-order valence-electron chi connectivity index (χ1n) is 12.5. The summed E-state index contributed by atoms with van der Waals surface area (Å²) in [4.78, 5) is 28.5. The summed E-state index contributed by atoms with van der Waals surface area (Å²) < 4.78 is 26.0. The van der Waals surface area contributed by atoms with Crippen LogP contribution in [-0.2, 0) is 25.6 Å². The van der Waals surface area contributed by atoms with Gasteiger partial charge in [0, 0.05) is 35.5 Å². The third-order valence-corrected chi connectivity index (χ3v) is 6.84. The highest BCUT2D eigenvalue weighted by Crippen LogP contribution is 2.41. The van der Waals surface area contributed by atoms with E-state index in [1.807, 2.05) is 20.9 Å². The molecule has 0 fully saturated rings. The second-order valence-electron chi connectivity index (χ2n) is 10.7. The first-order valence-corrected chi connectivity index (χ1v) is 12.8. The molecule has 0 spiro atoms. The summed E-state index contributed by atoms with van der Waals surface area (Å²) in [6, 6.07) is 12.9. The van der Waals surface area contributed by atoms with Crippen LogP contribution >= 0.6 is 11.6 Å². The van der Waals surface area contributed by atoms with Crippen molar-refractivity contribution in [3.05, 3.63) is 92.5 Å². The summed E-state index contributed by atoms with van der Waals surface area (Å²) in [6.45, 7) is 11.0. The molecule has 0 radical (unpaired) electrons. The molecular weight excluding hydrogens is 507 g/mol. The molecule has 1 atom stereocenters. The number of allylic oxidation sites excluding steroid dienone is 2. The summed E-state index contributed by atoms with van der Waals surface area (Å²) in [6.07, 6.45) is 0. The lowest BCUT2D eigenvalue weighted by Crippen LogP contribution is -2.37. The van der Waals surface area contributed by atoms with Crippen LogP contribution in [0.25, 0.3) is 0 Å². The van der Waals surface area contributed by atoms with E-state index in [1.165, 1.54) is 30.4 Å². The molecule has 0 saturated carbocycles. The van der Waals surface area contributed by atoms with Crippen LogP contribution in [0.1, 0.15) is 50.3 Å². The van der Waals surface area contributed by atoms with E-state index in [4.69, 9.17) is 21.1 Å². The molecule has 0 aromatic heterocycles. The van der Waals surface area contributed by atoms with Crippen molar-refractivity contribution in [2.45, 2.75) is 47.1 Å². The van der Waals surface area contributed by atoms with Gasteiger partial charge in [-0.15, -0.1) is 0 Å². The fourth-order valence-corrected chi connectivity index (χ4v) is 5.06. The first-order chi connectivity index (χ1) is 17.8. The fraction of sp³-hybridized carbons (Fsp3) is 0.400. The van der Waals surface area contributed by atoms with Gasteiger partial charge < -0.3 is 19.7 Å². The molecule has 38 heavy (non-hydrogen) atoms. The number of methoxy groups -OCH3 is 1. The van der Waals surface area contributed by atoms with E-state index in [0.717, 1.165) is 6.54 Å². The summed E-state index contributed by atoms with van der Waals surface area (Å²) in [5, 5.41) is 2.96. The van der Waals surface area contributed by atoms with Crippen LogP contribution in [0.3, 0.4) is 0 Å². The molecule has 8 heteroatoms. The second kappa shape index (κ2) is 12.1. The Kier molecular flexibility index (Phi) is 9.39. The van der Waals surface area contributed by atoms with E-state index in [9.17, 15) is 9.59 Å². The largest absolute Gasteiger partial charge is 0.466 e. The number of hydrogen-bond acceptors (Lipinski definition) is 6. The van der Waals surface area contributed by atoms with Gasteiger partial charge in [0.1, 0.15) is 5.82 Å². The smallest absolute Gasteiger partial charge is 0.336 e. The maximum atomic E-state index is 15.2. The Morgan fingerprint density at radius 1 is 1.03 bits per heavy atom. The van der Waals surface area contributed by atoms with E-state index in [1.54, 1.807) is 19.9 Å². The second-order valence-corrected chi connectivity index (χ2v) is 11.1. The third-order valence-electron chi connectivity index (χ3n) is 6.54. The molecule has 0 bridgehead atoms. The van der Waals surface area contributed by atoms with Crippen molar-refractivity contribution in [2.24, 2.45) is 5.41 Å². The molecule has 1 unspecified atom stereocenters. The zero-order chi connectivity index (χ0) is 28.2. The van der Waals surface area contributed by atoms with Crippen LogP contribution in [0.2, 0.25) is 5.02 Å². The predicted octanol–water partition coefficient (Wildman–Crippen LogP) is 5.90. The van der Waals surface area contributed by atoms with Gasteiger partial charge in [-0.25, -0.2) is 14.0 Å². The number of nitrogens with zero attached hydrogens (tertiary/aromatic N) is 1. The Morgan fingerprint density at radius 2 is 1.63 bits per heavy atom. The van der Waals surface area contributed by atoms with Gasteiger partial charge in [0.15, 0.2) is 0 Å². The van der Waals surface area contributed by atoms with Gasteiger partial charge in [-0.1, -0.05) is 67.4 Å². The highest BCUT2D eigenvalue weighted by molar-refractivity contribution is 6.30. The number of halogens is 2. The van der Waals surface area contributed by atoms with Gasteiger partial charge in [0.05, 0.1) is 35.8 Å². The van der Waals surface area contributed by atoms with E-state index in [0.29, 0.717) is 17.9 Å². The number of benzene rings is 2. The summed E-state index contributed by atoms with van der Waals surface area (Å²) in [5.74, 6) is -3.05. The van der Waals surface area contributed by atoms with Crippen LogP contribution in [0.5, 0.6) is 0 Å². The Hall–Kier alpha value is -3.16. The molecule has 0 saturated heterocycles. The van der Waals surface area contributed by atoms with Crippen molar-refractivity contribution >= 4 is 23.5 Å². The maximum absolute atomic E-state index is 15.2. The Labute approximate surface area is 229 Å². The molecule has 1 heterocycles. The number of carbonyl (C=O) groups is 2. The minimum Gasteiger partial charge on any atom is -0.466 e. The topological polar surface area (TPSA) is 67.9 Å². The van der Waals surface area contributed by atoms with Crippen LogP contribution in [-0.4, -0.2) is 44.1 Å². The van der Waals surface area contributed by atoms with Gasteiger partial charge in [0.2, 0.25) is 0 Å². The van der Waals surface area contributed by atoms with Crippen LogP contribution < -0.4 is 5.32 Å². The summed E-state index contributed by atoms with van der Waals surface area (Å²) >= 11 is 6.07. The number of aryl methyl sites for hydroxylation is 1. The molecule has 1 aliphatic heterocycles. The number of carbonyl (C=O) groups excluding carboxylic acids is 2. The van der Waals surface area contributed by atoms with Crippen LogP contribution in [0.4, 0.5) is 4.39 Å². The van der Waals surface area contributed by atoms with Crippen LogP contribution in [0.15, 0.2) is 65.0 Å². The van der Waals surface area contributed by atoms with Gasteiger partial charge in [-0.3, -0.25) is 0 Å². The molecule has 2 aromatic carbocycles. The molecule has 2 aromatic rings. The van der Waals surface area contributed by atoms with Gasteiger partial charge in [0.25, 0.3) is 0 Å². The first kappa shape index (κ1) is 29.4. The van der Waals surface area contributed by atoms with Crippen molar-refractivity contribution in [3.8, 4) is 0 Å². The molecule has 6 nitrogen and oxygen atoms in total. The Morgan fingerprint density at radius 3 is 2.24 bits per heavy atom. The van der Waals surface area contributed by atoms with Crippen molar-refractivity contribution < 1.29 is 23.5 Å². The maximum Gasteiger partial charge on any atom is 0.336 e. The Bertz CT molecular complexity index is 1270. The lowest BCUT2D eigenvalue weighted by molar-refractivity contribution is -0.142. The molecule has 3 rings (SSSR count). The highest BCUT2D eigenvalue weighted by atomic mass is 35.5. The highest BCUT2D eigenvalue weighted by Gasteiger charge is 2.40. The molecular formula is C30H36ClFN2O4. The number of dihydropyridines is 1.